The van der Waals surface area contributed by atoms with Crippen molar-refractivity contribution in [2.75, 3.05) is 21.7 Å². The van der Waals surface area contributed by atoms with E-state index in [9.17, 15) is 23.0 Å². The average Bonchev–Trinajstić information content (AvgIpc) is 2.82. The van der Waals surface area contributed by atoms with Crippen LogP contribution in [-0.2, 0) is 25.2 Å². The third-order valence-electron chi connectivity index (χ3n) is 6.00. The molecule has 0 saturated heterocycles. The second-order valence-electron chi connectivity index (χ2n) is 8.90. The van der Waals surface area contributed by atoms with Gasteiger partial charge in [0.25, 0.3) is 0 Å². The maximum Gasteiger partial charge on any atom is 0.243 e. The van der Waals surface area contributed by atoms with Crippen LogP contribution in [0.3, 0.4) is 0 Å². The minimum absolute atomic E-state index is 0.0953. The summed E-state index contributed by atoms with van der Waals surface area (Å²) < 4.78 is 25.7. The summed E-state index contributed by atoms with van der Waals surface area (Å²) in [5.41, 5.74) is 1.90. The summed E-state index contributed by atoms with van der Waals surface area (Å²) in [6.45, 7) is 3.57. The number of nitrogens with zero attached hydrogens (tertiary/aromatic N) is 1. The van der Waals surface area contributed by atoms with E-state index < -0.39 is 46.0 Å². The van der Waals surface area contributed by atoms with Crippen LogP contribution in [0.5, 0.6) is 0 Å². The van der Waals surface area contributed by atoms with Crippen LogP contribution in [0.1, 0.15) is 44.6 Å². The van der Waals surface area contributed by atoms with Gasteiger partial charge < -0.3 is 10.6 Å². The summed E-state index contributed by atoms with van der Waals surface area (Å²) in [4.78, 5) is 39.8. The quantitative estimate of drug-likeness (QED) is 0.548. The van der Waals surface area contributed by atoms with Crippen molar-refractivity contribution in [3.63, 3.8) is 0 Å². The maximum absolute atomic E-state index is 13.2. The molecule has 0 spiro atoms. The largest absolute Gasteiger partial charge is 0.352 e. The number of amides is 3. The smallest absolute Gasteiger partial charge is 0.243 e. The second kappa shape index (κ2) is 12.6. The van der Waals surface area contributed by atoms with E-state index in [1.807, 2.05) is 19.1 Å². The number of halogens is 1. The fraction of sp³-hybridized carbons (Fsp3) is 0.423. The van der Waals surface area contributed by atoms with Crippen LogP contribution >= 0.6 is 0 Å². The number of aryl methyl sites for hydroxylation is 1. The standard InChI is InChI=1S/C26H32FN3O4S/c1-18-8-14-23(15-9-18)30(19(2)26(33)29-21-6-4-3-5-7-21)25(32)17-35(34)16-24(31)28-22-12-10-20(27)11-13-22/h8-15,19,21H,3-7,16-17H2,1-2H3,(H,28,31)(H,29,33)/t19-,35+/m0/s1. The number of anilines is 2. The van der Waals surface area contributed by atoms with Crippen molar-refractivity contribution in [1.82, 2.24) is 5.32 Å². The lowest BCUT2D eigenvalue weighted by Gasteiger charge is -2.31. The van der Waals surface area contributed by atoms with Gasteiger partial charge in [-0.1, -0.05) is 37.0 Å². The van der Waals surface area contributed by atoms with Gasteiger partial charge in [0, 0.05) is 28.2 Å². The lowest BCUT2D eigenvalue weighted by Crippen LogP contribution is -2.52. The highest BCUT2D eigenvalue weighted by atomic mass is 32.2. The molecule has 2 N–H and O–H groups in total. The van der Waals surface area contributed by atoms with E-state index in [2.05, 4.69) is 10.6 Å². The normalized spacial score (nSPS) is 15.6. The Morgan fingerprint density at radius 2 is 1.63 bits per heavy atom. The van der Waals surface area contributed by atoms with Crippen molar-refractivity contribution in [3.8, 4) is 0 Å². The molecule has 0 aliphatic heterocycles. The number of hydrogen-bond acceptors (Lipinski definition) is 4. The number of hydrogen-bond donors (Lipinski definition) is 2. The Kier molecular flexibility index (Phi) is 9.54. The Morgan fingerprint density at radius 1 is 1.00 bits per heavy atom. The summed E-state index contributed by atoms with van der Waals surface area (Å²) in [6.07, 6.45) is 5.14. The van der Waals surface area contributed by atoms with E-state index in [0.29, 0.717) is 11.4 Å². The first-order valence-electron chi connectivity index (χ1n) is 11.8. The van der Waals surface area contributed by atoms with E-state index in [0.717, 1.165) is 37.7 Å². The van der Waals surface area contributed by atoms with Crippen LogP contribution in [0, 0.1) is 12.7 Å². The molecule has 0 aromatic heterocycles. The van der Waals surface area contributed by atoms with Crippen molar-refractivity contribution in [1.29, 1.82) is 0 Å². The number of carbonyl (C=O) groups is 3. The summed E-state index contributed by atoms with van der Waals surface area (Å²) >= 11 is 0. The molecular formula is C26H32FN3O4S. The zero-order chi connectivity index (χ0) is 25.4. The monoisotopic (exact) mass is 501 g/mol. The minimum atomic E-state index is -1.80. The fourth-order valence-electron chi connectivity index (χ4n) is 4.11. The van der Waals surface area contributed by atoms with Gasteiger partial charge in [-0.05, 0) is 63.1 Å². The molecule has 3 rings (SSSR count). The summed E-state index contributed by atoms with van der Waals surface area (Å²) in [6, 6.07) is 11.7. The molecule has 2 aromatic rings. The molecule has 7 nitrogen and oxygen atoms in total. The third kappa shape index (κ3) is 7.99. The number of benzene rings is 2. The third-order valence-corrected chi connectivity index (χ3v) is 7.16. The lowest BCUT2D eigenvalue weighted by molar-refractivity contribution is -0.126. The lowest BCUT2D eigenvalue weighted by atomic mass is 9.95. The van der Waals surface area contributed by atoms with Crippen molar-refractivity contribution < 1.29 is 23.0 Å². The van der Waals surface area contributed by atoms with Crippen LogP contribution < -0.4 is 15.5 Å². The molecule has 0 bridgehead atoms. The maximum atomic E-state index is 13.2. The van der Waals surface area contributed by atoms with Gasteiger partial charge in [-0.25, -0.2) is 4.39 Å². The molecule has 2 atom stereocenters. The molecule has 0 radical (unpaired) electrons. The minimum Gasteiger partial charge on any atom is -0.352 e. The van der Waals surface area contributed by atoms with E-state index in [1.165, 1.54) is 29.2 Å². The Morgan fingerprint density at radius 3 is 2.26 bits per heavy atom. The second-order valence-corrected chi connectivity index (χ2v) is 10.4. The van der Waals surface area contributed by atoms with Gasteiger partial charge in [0.05, 0.1) is 0 Å². The molecule has 35 heavy (non-hydrogen) atoms. The van der Waals surface area contributed by atoms with Gasteiger partial charge in [-0.15, -0.1) is 0 Å². The molecular weight excluding hydrogens is 469 g/mol. The highest BCUT2D eigenvalue weighted by Gasteiger charge is 2.30. The molecule has 0 heterocycles. The van der Waals surface area contributed by atoms with Crippen LogP contribution in [-0.4, -0.2) is 45.5 Å². The summed E-state index contributed by atoms with van der Waals surface area (Å²) in [7, 11) is -1.80. The van der Waals surface area contributed by atoms with Crippen molar-refractivity contribution in [3.05, 3.63) is 59.9 Å². The first-order chi connectivity index (χ1) is 16.7. The van der Waals surface area contributed by atoms with Crippen LogP contribution in [0.2, 0.25) is 0 Å². The fourth-order valence-corrected chi connectivity index (χ4v) is 4.99. The Bertz CT molecular complexity index is 1050. The molecule has 1 fully saturated rings. The number of carbonyl (C=O) groups excluding carboxylic acids is 3. The number of nitrogens with one attached hydrogen (secondary N) is 2. The Labute approximate surface area is 207 Å². The molecule has 3 amide bonds. The highest BCUT2D eigenvalue weighted by Crippen LogP contribution is 2.21. The molecule has 1 aliphatic rings. The predicted molar refractivity (Wildman–Crippen MR) is 136 cm³/mol. The molecule has 0 unspecified atom stereocenters. The van der Waals surface area contributed by atoms with Gasteiger partial charge in [0.2, 0.25) is 17.7 Å². The predicted octanol–water partition coefficient (Wildman–Crippen LogP) is 3.69. The van der Waals surface area contributed by atoms with E-state index in [-0.39, 0.29) is 11.9 Å². The molecule has 188 valence electrons. The van der Waals surface area contributed by atoms with Crippen LogP contribution in [0.4, 0.5) is 15.8 Å². The summed E-state index contributed by atoms with van der Waals surface area (Å²) in [5, 5.41) is 5.59. The Balaban J connectivity index is 1.66. The highest BCUT2D eigenvalue weighted by molar-refractivity contribution is 7.86. The molecule has 2 aromatic carbocycles. The van der Waals surface area contributed by atoms with Gasteiger partial charge in [0.15, 0.2) is 0 Å². The van der Waals surface area contributed by atoms with Crippen LogP contribution in [0.25, 0.3) is 0 Å². The summed E-state index contributed by atoms with van der Waals surface area (Å²) in [5.74, 6) is -2.55. The SMILES string of the molecule is Cc1ccc(N(C(=O)C[S@](=O)CC(=O)Nc2ccc(F)cc2)[C@@H](C)C(=O)NC2CCCCC2)cc1. The van der Waals surface area contributed by atoms with Crippen LogP contribution in [0.15, 0.2) is 48.5 Å². The van der Waals surface area contributed by atoms with E-state index in [4.69, 9.17) is 0 Å². The molecule has 1 aliphatic carbocycles. The van der Waals surface area contributed by atoms with Gasteiger partial charge in [-0.2, -0.15) is 0 Å². The van der Waals surface area contributed by atoms with Crippen molar-refractivity contribution >= 4 is 39.9 Å². The number of rotatable bonds is 9. The molecule has 1 saturated carbocycles. The van der Waals surface area contributed by atoms with Gasteiger partial charge in [-0.3, -0.25) is 23.5 Å². The average molecular weight is 502 g/mol. The first-order valence-corrected chi connectivity index (χ1v) is 13.3. The van der Waals surface area contributed by atoms with E-state index in [1.54, 1.807) is 19.1 Å². The van der Waals surface area contributed by atoms with Crippen molar-refractivity contribution in [2.24, 2.45) is 0 Å². The van der Waals surface area contributed by atoms with Crippen molar-refractivity contribution in [2.45, 2.75) is 58.0 Å². The molecule has 9 heteroatoms. The zero-order valence-corrected chi connectivity index (χ0v) is 20.9. The topological polar surface area (TPSA) is 95.6 Å². The van der Waals surface area contributed by atoms with E-state index >= 15 is 0 Å². The van der Waals surface area contributed by atoms with Gasteiger partial charge >= 0.3 is 0 Å². The van der Waals surface area contributed by atoms with Gasteiger partial charge in [0.1, 0.15) is 23.4 Å². The first kappa shape index (κ1) is 26.5. The Hall–Kier alpha value is -3.07. The zero-order valence-electron chi connectivity index (χ0n) is 20.1.